The highest BCUT2D eigenvalue weighted by Crippen LogP contribution is 2.25. The van der Waals surface area contributed by atoms with Crippen LogP contribution >= 0.6 is 0 Å². The van der Waals surface area contributed by atoms with Crippen LogP contribution in [0.1, 0.15) is 26.2 Å². The molecule has 1 aromatic carbocycles. The maximum absolute atomic E-state index is 11.9. The van der Waals surface area contributed by atoms with Crippen molar-refractivity contribution in [1.82, 2.24) is 5.32 Å². The van der Waals surface area contributed by atoms with Gasteiger partial charge in [0.05, 0.1) is 12.8 Å². The van der Waals surface area contributed by atoms with Crippen LogP contribution in [0.5, 0.6) is 5.75 Å². The quantitative estimate of drug-likeness (QED) is 0.864. The highest BCUT2D eigenvalue weighted by atomic mass is 16.5. The monoisotopic (exact) mass is 248 g/mol. The van der Waals surface area contributed by atoms with Crippen molar-refractivity contribution in [3.8, 4) is 5.75 Å². The van der Waals surface area contributed by atoms with Gasteiger partial charge in [-0.05, 0) is 37.3 Å². The fourth-order valence-electron chi connectivity index (χ4n) is 2.43. The Kier molecular flexibility index (Phi) is 4.07. The third-order valence-electron chi connectivity index (χ3n) is 3.39. The molecule has 1 aromatic rings. The van der Waals surface area contributed by atoms with Gasteiger partial charge in [-0.2, -0.15) is 0 Å². The van der Waals surface area contributed by atoms with E-state index in [1.54, 1.807) is 7.11 Å². The van der Waals surface area contributed by atoms with Crippen LogP contribution in [0.3, 0.4) is 0 Å². The molecule has 18 heavy (non-hydrogen) atoms. The molecule has 4 nitrogen and oxygen atoms in total. The number of nitrogens with one attached hydrogen (secondary N) is 2. The lowest BCUT2D eigenvalue weighted by Crippen LogP contribution is -2.36. The molecule has 0 spiro atoms. The topological polar surface area (TPSA) is 50.4 Å². The minimum Gasteiger partial charge on any atom is -0.495 e. The number of hydrogen-bond donors (Lipinski definition) is 2. The number of hydrogen-bond acceptors (Lipinski definition) is 2. The van der Waals surface area contributed by atoms with Crippen LogP contribution < -0.4 is 15.4 Å². The number of rotatable bonds is 3. The lowest BCUT2D eigenvalue weighted by molar-refractivity contribution is 0.248. The molecule has 0 aliphatic heterocycles. The molecule has 98 valence electrons. The Bertz CT molecular complexity index is 420. The third kappa shape index (κ3) is 3.15. The highest BCUT2D eigenvalue weighted by Gasteiger charge is 2.22. The first kappa shape index (κ1) is 12.7. The molecule has 2 atom stereocenters. The molecule has 0 aromatic heterocycles. The van der Waals surface area contributed by atoms with E-state index in [-0.39, 0.29) is 6.03 Å². The van der Waals surface area contributed by atoms with Crippen LogP contribution in [0.25, 0.3) is 0 Å². The van der Waals surface area contributed by atoms with E-state index >= 15 is 0 Å². The predicted octanol–water partition coefficient (Wildman–Crippen LogP) is 3.01. The van der Waals surface area contributed by atoms with Crippen molar-refractivity contribution < 1.29 is 9.53 Å². The van der Waals surface area contributed by atoms with Gasteiger partial charge in [-0.25, -0.2) is 4.79 Å². The number of urea groups is 1. The van der Waals surface area contributed by atoms with Crippen LogP contribution in [0.4, 0.5) is 10.5 Å². The van der Waals surface area contributed by atoms with Gasteiger partial charge in [-0.15, -0.1) is 0 Å². The van der Waals surface area contributed by atoms with Gasteiger partial charge in [0, 0.05) is 6.04 Å². The zero-order chi connectivity index (χ0) is 13.0. The van der Waals surface area contributed by atoms with Gasteiger partial charge in [0.2, 0.25) is 0 Å². The average Bonchev–Trinajstić information content (AvgIpc) is 2.75. The van der Waals surface area contributed by atoms with Gasteiger partial charge < -0.3 is 15.4 Å². The number of amides is 2. The van der Waals surface area contributed by atoms with E-state index in [4.69, 9.17) is 4.74 Å². The van der Waals surface area contributed by atoms with Crippen LogP contribution in [-0.2, 0) is 0 Å². The van der Waals surface area contributed by atoms with Gasteiger partial charge >= 0.3 is 6.03 Å². The van der Waals surface area contributed by atoms with Crippen LogP contribution in [0.2, 0.25) is 0 Å². The molecule has 2 unspecified atom stereocenters. The lowest BCUT2D eigenvalue weighted by Gasteiger charge is -2.14. The zero-order valence-corrected chi connectivity index (χ0v) is 10.9. The summed E-state index contributed by atoms with van der Waals surface area (Å²) in [7, 11) is 1.59. The normalized spacial score (nSPS) is 22.6. The largest absolute Gasteiger partial charge is 0.495 e. The van der Waals surface area contributed by atoms with Crippen LogP contribution in [0, 0.1) is 5.92 Å². The van der Waals surface area contributed by atoms with Crippen LogP contribution in [0.15, 0.2) is 24.3 Å². The predicted molar refractivity (Wildman–Crippen MR) is 72.0 cm³/mol. The van der Waals surface area contributed by atoms with Gasteiger partial charge in [-0.1, -0.05) is 19.1 Å². The highest BCUT2D eigenvalue weighted by molar-refractivity contribution is 5.91. The molecular weight excluding hydrogens is 228 g/mol. The first-order valence-electron chi connectivity index (χ1n) is 6.39. The number of carbonyl (C=O) groups excluding carboxylic acids is 1. The van der Waals surface area contributed by atoms with Gasteiger partial charge in [0.15, 0.2) is 0 Å². The van der Waals surface area contributed by atoms with Crippen molar-refractivity contribution >= 4 is 11.7 Å². The molecule has 1 saturated carbocycles. The summed E-state index contributed by atoms with van der Waals surface area (Å²) in [6.45, 7) is 2.22. The molecule has 2 amide bonds. The number of carbonyl (C=O) groups is 1. The summed E-state index contributed by atoms with van der Waals surface area (Å²) >= 11 is 0. The number of anilines is 1. The van der Waals surface area contributed by atoms with Crippen molar-refractivity contribution in [2.45, 2.75) is 32.2 Å². The van der Waals surface area contributed by atoms with Crippen molar-refractivity contribution in [2.24, 2.45) is 5.92 Å². The third-order valence-corrected chi connectivity index (χ3v) is 3.39. The molecule has 2 N–H and O–H groups in total. The second-order valence-corrected chi connectivity index (χ2v) is 4.91. The van der Waals surface area contributed by atoms with Crippen molar-refractivity contribution in [3.05, 3.63) is 24.3 Å². The molecule has 1 aliphatic rings. The molecule has 0 heterocycles. The van der Waals surface area contributed by atoms with E-state index < -0.39 is 0 Å². The SMILES string of the molecule is COc1ccccc1NC(=O)NC1CCC(C)C1. The summed E-state index contributed by atoms with van der Waals surface area (Å²) in [4.78, 5) is 11.9. The molecular formula is C14H20N2O2. The Balaban J connectivity index is 1.91. The molecule has 2 rings (SSSR count). The molecule has 0 saturated heterocycles. The summed E-state index contributed by atoms with van der Waals surface area (Å²) in [5.74, 6) is 1.38. The number of benzene rings is 1. The zero-order valence-electron chi connectivity index (χ0n) is 10.9. The van der Waals surface area contributed by atoms with Crippen molar-refractivity contribution in [1.29, 1.82) is 0 Å². The molecule has 1 aliphatic carbocycles. The molecule has 1 fully saturated rings. The Morgan fingerprint density at radius 3 is 2.78 bits per heavy atom. The molecule has 0 radical (unpaired) electrons. The second-order valence-electron chi connectivity index (χ2n) is 4.91. The minimum absolute atomic E-state index is 0.154. The van der Waals surface area contributed by atoms with Crippen LogP contribution in [-0.4, -0.2) is 19.2 Å². The van der Waals surface area contributed by atoms with E-state index in [2.05, 4.69) is 17.6 Å². The standard InChI is InChI=1S/C14H20N2O2/c1-10-7-8-11(9-10)15-14(17)16-12-5-3-4-6-13(12)18-2/h3-6,10-11H,7-9H2,1-2H3,(H2,15,16,17). The fraction of sp³-hybridized carbons (Fsp3) is 0.500. The van der Waals surface area contributed by atoms with E-state index in [1.165, 1.54) is 6.42 Å². The number of methoxy groups -OCH3 is 1. The van der Waals surface area contributed by atoms with Crippen molar-refractivity contribution in [3.63, 3.8) is 0 Å². The van der Waals surface area contributed by atoms with Gasteiger partial charge in [0.25, 0.3) is 0 Å². The minimum atomic E-state index is -0.154. The fourth-order valence-corrected chi connectivity index (χ4v) is 2.43. The average molecular weight is 248 g/mol. The number of ether oxygens (including phenoxy) is 1. The first-order valence-corrected chi connectivity index (χ1v) is 6.39. The summed E-state index contributed by atoms with van der Waals surface area (Å²) in [6.07, 6.45) is 3.33. The summed E-state index contributed by atoms with van der Waals surface area (Å²) < 4.78 is 5.19. The van der Waals surface area contributed by atoms with Gasteiger partial charge in [-0.3, -0.25) is 0 Å². The summed E-state index contributed by atoms with van der Waals surface area (Å²) in [6, 6.07) is 7.55. The smallest absolute Gasteiger partial charge is 0.319 e. The first-order chi connectivity index (χ1) is 8.69. The van der Waals surface area contributed by atoms with E-state index in [0.717, 1.165) is 12.8 Å². The van der Waals surface area contributed by atoms with Gasteiger partial charge in [0.1, 0.15) is 5.75 Å². The Morgan fingerprint density at radius 1 is 1.33 bits per heavy atom. The Morgan fingerprint density at radius 2 is 2.11 bits per heavy atom. The van der Waals surface area contributed by atoms with E-state index in [0.29, 0.717) is 23.4 Å². The second kappa shape index (κ2) is 5.76. The number of para-hydroxylation sites is 2. The molecule has 4 heteroatoms. The lowest BCUT2D eigenvalue weighted by atomic mass is 10.1. The Hall–Kier alpha value is -1.71. The van der Waals surface area contributed by atoms with Crippen molar-refractivity contribution in [2.75, 3.05) is 12.4 Å². The van der Waals surface area contributed by atoms with E-state index in [1.807, 2.05) is 24.3 Å². The Labute approximate surface area is 108 Å². The summed E-state index contributed by atoms with van der Waals surface area (Å²) in [5.41, 5.74) is 0.698. The maximum Gasteiger partial charge on any atom is 0.319 e. The van der Waals surface area contributed by atoms with E-state index in [9.17, 15) is 4.79 Å². The maximum atomic E-state index is 11.9. The summed E-state index contributed by atoms with van der Waals surface area (Å²) in [5, 5.41) is 5.83. The molecule has 0 bridgehead atoms.